The molecule has 6 nitrogen and oxygen atoms in total. The van der Waals surface area contributed by atoms with E-state index < -0.39 is 5.92 Å². The molecule has 1 saturated heterocycles. The number of carbonyl (C=O) groups is 2. The monoisotopic (exact) mass is 433 g/mol. The topological polar surface area (TPSA) is 53.1 Å². The maximum Gasteiger partial charge on any atom is 0.254 e. The van der Waals surface area contributed by atoms with Crippen molar-refractivity contribution in [1.82, 2.24) is 14.7 Å². The summed E-state index contributed by atoms with van der Waals surface area (Å²) >= 11 is 0. The molecule has 32 heavy (non-hydrogen) atoms. The van der Waals surface area contributed by atoms with Gasteiger partial charge in [-0.1, -0.05) is 37.3 Å². The van der Waals surface area contributed by atoms with Crippen molar-refractivity contribution in [3.8, 4) is 5.75 Å². The molecule has 0 unspecified atom stereocenters. The van der Waals surface area contributed by atoms with Gasteiger partial charge in [0.15, 0.2) is 0 Å². The Labute approximate surface area is 189 Å². The Balaban J connectivity index is 1.60. The van der Waals surface area contributed by atoms with Crippen LogP contribution in [-0.4, -0.2) is 72.4 Å². The second-order valence-corrected chi connectivity index (χ2v) is 8.99. The van der Waals surface area contributed by atoms with Crippen LogP contribution in [0.4, 0.5) is 0 Å². The van der Waals surface area contributed by atoms with Crippen LogP contribution < -0.4 is 4.74 Å². The highest BCUT2D eigenvalue weighted by molar-refractivity contribution is 6.01. The molecule has 0 aromatic heterocycles. The molecule has 2 amide bonds. The van der Waals surface area contributed by atoms with Crippen molar-refractivity contribution in [3.05, 3.63) is 65.2 Å². The molecular formula is C26H31N3O3. The molecule has 1 aliphatic carbocycles. The minimum absolute atomic E-state index is 0.0378. The van der Waals surface area contributed by atoms with Gasteiger partial charge in [0, 0.05) is 37.8 Å². The van der Waals surface area contributed by atoms with E-state index in [4.69, 9.17) is 4.74 Å². The van der Waals surface area contributed by atoms with E-state index in [0.29, 0.717) is 5.56 Å². The van der Waals surface area contributed by atoms with E-state index >= 15 is 0 Å². The number of hydrogen-bond donors (Lipinski definition) is 0. The summed E-state index contributed by atoms with van der Waals surface area (Å²) in [5.41, 5.74) is 2.49. The molecular weight excluding hydrogens is 402 g/mol. The largest absolute Gasteiger partial charge is 0.497 e. The number of rotatable bonds is 5. The van der Waals surface area contributed by atoms with Gasteiger partial charge in [-0.15, -0.1) is 0 Å². The number of fused-ring (bicyclic) bond motifs is 1. The highest BCUT2D eigenvalue weighted by Gasteiger charge is 2.50. The maximum atomic E-state index is 14.1. The number of likely N-dealkylation sites (N-methyl/N-ethyl adjacent to an activating group) is 1. The summed E-state index contributed by atoms with van der Waals surface area (Å²) in [6.45, 7) is 6.41. The van der Waals surface area contributed by atoms with Gasteiger partial charge in [0.2, 0.25) is 5.91 Å². The van der Waals surface area contributed by atoms with Crippen molar-refractivity contribution in [3.63, 3.8) is 0 Å². The van der Waals surface area contributed by atoms with Crippen LogP contribution in [0, 0.1) is 0 Å². The molecule has 3 aliphatic rings. The fourth-order valence-corrected chi connectivity index (χ4v) is 5.23. The molecule has 1 saturated carbocycles. The Morgan fingerprint density at radius 3 is 2.47 bits per heavy atom. The van der Waals surface area contributed by atoms with Crippen molar-refractivity contribution in [1.29, 1.82) is 0 Å². The third-order valence-corrected chi connectivity index (χ3v) is 7.15. The van der Waals surface area contributed by atoms with Crippen LogP contribution in [0.2, 0.25) is 0 Å². The number of nitrogens with zero attached hydrogens (tertiary/aromatic N) is 3. The first-order valence-electron chi connectivity index (χ1n) is 11.7. The maximum absolute atomic E-state index is 14.1. The Bertz CT molecular complexity index is 1010. The average molecular weight is 434 g/mol. The summed E-state index contributed by atoms with van der Waals surface area (Å²) in [5.74, 6) is 0.493. The normalized spacial score (nSPS) is 23.8. The van der Waals surface area contributed by atoms with Crippen molar-refractivity contribution >= 4 is 11.8 Å². The number of benzene rings is 2. The fraction of sp³-hybridized carbons (Fsp3) is 0.462. The van der Waals surface area contributed by atoms with Crippen LogP contribution in [0.15, 0.2) is 48.5 Å². The lowest BCUT2D eigenvalue weighted by atomic mass is 9.78. The minimum atomic E-state index is -0.412. The van der Waals surface area contributed by atoms with Gasteiger partial charge >= 0.3 is 0 Å². The van der Waals surface area contributed by atoms with E-state index in [9.17, 15) is 9.59 Å². The average Bonchev–Trinajstić information content (AvgIpc) is 3.69. The Hall–Kier alpha value is -2.86. The second-order valence-electron chi connectivity index (χ2n) is 8.99. The van der Waals surface area contributed by atoms with Crippen LogP contribution in [0.5, 0.6) is 5.75 Å². The summed E-state index contributed by atoms with van der Waals surface area (Å²) in [7, 11) is 1.65. The number of hydrogen-bond acceptors (Lipinski definition) is 4. The lowest BCUT2D eigenvalue weighted by molar-refractivity contribution is -0.136. The van der Waals surface area contributed by atoms with Crippen LogP contribution >= 0.6 is 0 Å². The number of carbonyl (C=O) groups excluding carboxylic acids is 2. The predicted molar refractivity (Wildman–Crippen MR) is 123 cm³/mol. The summed E-state index contributed by atoms with van der Waals surface area (Å²) in [4.78, 5) is 34.1. The summed E-state index contributed by atoms with van der Waals surface area (Å²) in [6, 6.07) is 15.4. The third-order valence-electron chi connectivity index (χ3n) is 7.15. The zero-order valence-electron chi connectivity index (χ0n) is 18.9. The van der Waals surface area contributed by atoms with Crippen LogP contribution in [-0.2, 0) is 4.79 Å². The lowest BCUT2D eigenvalue weighted by Gasteiger charge is -2.44. The van der Waals surface area contributed by atoms with Crippen LogP contribution in [0.1, 0.15) is 53.2 Å². The molecule has 2 aliphatic heterocycles. The van der Waals surface area contributed by atoms with E-state index in [1.54, 1.807) is 7.11 Å². The van der Waals surface area contributed by atoms with Gasteiger partial charge in [0.1, 0.15) is 5.75 Å². The molecule has 0 bridgehead atoms. The summed E-state index contributed by atoms with van der Waals surface area (Å²) < 4.78 is 5.49. The molecule has 0 radical (unpaired) electrons. The number of piperazine rings is 1. The third kappa shape index (κ3) is 3.66. The highest BCUT2D eigenvalue weighted by Crippen LogP contribution is 2.48. The predicted octanol–water partition coefficient (Wildman–Crippen LogP) is 3.30. The van der Waals surface area contributed by atoms with Crippen molar-refractivity contribution in [2.24, 2.45) is 0 Å². The van der Waals surface area contributed by atoms with E-state index in [-0.39, 0.29) is 23.9 Å². The molecule has 0 N–H and O–H groups in total. The van der Waals surface area contributed by atoms with Gasteiger partial charge < -0.3 is 19.4 Å². The van der Waals surface area contributed by atoms with Crippen molar-refractivity contribution in [2.45, 2.75) is 37.8 Å². The Morgan fingerprint density at radius 2 is 1.78 bits per heavy atom. The molecule has 2 atom stereocenters. The first kappa shape index (κ1) is 21.0. The quantitative estimate of drug-likeness (QED) is 0.726. The van der Waals surface area contributed by atoms with Gasteiger partial charge in [0.25, 0.3) is 5.91 Å². The standard InChI is InChI=1S/C26H31N3O3/c1-3-27-13-15-28(16-14-27)26(31)23-21-9-4-5-10-22(21)25(30)29(19-11-12-19)24(23)18-7-6-8-20(17-18)32-2/h4-10,17,19,23-24H,3,11-16H2,1-2H3/t23-,24-/m1/s1. The first-order valence-corrected chi connectivity index (χ1v) is 11.7. The molecule has 2 heterocycles. The minimum Gasteiger partial charge on any atom is -0.497 e. The molecule has 5 rings (SSSR count). The van der Waals surface area contributed by atoms with Gasteiger partial charge in [-0.2, -0.15) is 0 Å². The van der Waals surface area contributed by atoms with Gasteiger partial charge in [0.05, 0.1) is 19.1 Å². The number of ether oxygens (including phenoxy) is 1. The number of amides is 2. The molecule has 2 aromatic rings. The molecule has 2 fully saturated rings. The number of methoxy groups -OCH3 is 1. The first-order chi connectivity index (χ1) is 15.6. The van der Waals surface area contributed by atoms with Gasteiger partial charge in [-0.3, -0.25) is 9.59 Å². The summed E-state index contributed by atoms with van der Waals surface area (Å²) in [5, 5.41) is 0. The van der Waals surface area contributed by atoms with Crippen LogP contribution in [0.25, 0.3) is 0 Å². The Kier molecular flexibility index (Phi) is 5.64. The van der Waals surface area contributed by atoms with E-state index in [0.717, 1.165) is 62.4 Å². The van der Waals surface area contributed by atoms with E-state index in [1.165, 1.54) is 0 Å². The smallest absolute Gasteiger partial charge is 0.254 e. The Morgan fingerprint density at radius 1 is 1.03 bits per heavy atom. The van der Waals surface area contributed by atoms with E-state index in [2.05, 4.69) is 11.8 Å². The zero-order valence-corrected chi connectivity index (χ0v) is 18.9. The van der Waals surface area contributed by atoms with Crippen LogP contribution in [0.3, 0.4) is 0 Å². The lowest BCUT2D eigenvalue weighted by Crippen LogP contribution is -2.53. The zero-order chi connectivity index (χ0) is 22.2. The SMILES string of the molecule is CCN1CCN(C(=O)[C@@H]2c3ccccc3C(=O)N(C3CC3)[C@@H]2c2cccc(OC)c2)CC1. The van der Waals surface area contributed by atoms with Crippen molar-refractivity contribution < 1.29 is 14.3 Å². The molecule has 168 valence electrons. The van der Waals surface area contributed by atoms with Crippen molar-refractivity contribution in [2.75, 3.05) is 39.8 Å². The fourth-order valence-electron chi connectivity index (χ4n) is 5.23. The molecule has 0 spiro atoms. The molecule has 2 aromatic carbocycles. The van der Waals surface area contributed by atoms with Gasteiger partial charge in [-0.25, -0.2) is 0 Å². The molecule has 6 heteroatoms. The highest BCUT2D eigenvalue weighted by atomic mass is 16.5. The van der Waals surface area contributed by atoms with Gasteiger partial charge in [-0.05, 0) is 48.7 Å². The van der Waals surface area contributed by atoms with E-state index in [1.807, 2.05) is 58.3 Å². The second kappa shape index (κ2) is 8.58. The summed E-state index contributed by atoms with van der Waals surface area (Å²) in [6.07, 6.45) is 1.98.